The third-order valence-electron chi connectivity index (χ3n) is 4.68. The van der Waals surface area contributed by atoms with E-state index in [2.05, 4.69) is 14.9 Å². The van der Waals surface area contributed by atoms with Gasteiger partial charge in [-0.1, -0.05) is 11.2 Å². The molecular formula is C18H15F3N2O5S. The van der Waals surface area contributed by atoms with Gasteiger partial charge < -0.3 is 14.3 Å². The molecule has 1 aliphatic heterocycles. The minimum absolute atomic E-state index is 0.0764. The molecule has 0 N–H and O–H groups in total. The number of hydrogen-bond donors (Lipinski definition) is 0. The number of nitrogens with zero attached hydrogens (tertiary/aromatic N) is 2. The molecule has 4 rings (SSSR count). The van der Waals surface area contributed by atoms with Gasteiger partial charge >= 0.3 is 6.36 Å². The number of sulfone groups is 1. The molecule has 11 heteroatoms. The van der Waals surface area contributed by atoms with Crippen LogP contribution >= 0.6 is 0 Å². The Hall–Kier alpha value is -2.82. The first kappa shape index (κ1) is 19.5. The highest BCUT2D eigenvalue weighted by atomic mass is 32.2. The summed E-state index contributed by atoms with van der Waals surface area (Å²) in [5.74, 6) is 0.284. The summed E-state index contributed by atoms with van der Waals surface area (Å²) in [4.78, 5) is 9.46. The fraction of sp³-hybridized carbons (Fsp3) is 0.333. The zero-order valence-corrected chi connectivity index (χ0v) is 15.9. The Bertz CT molecular complexity index is 1080. The third-order valence-corrected chi connectivity index (χ3v) is 5.68. The van der Waals surface area contributed by atoms with Crippen molar-refractivity contribution >= 4 is 15.7 Å². The standard InChI is InChI=1S/C18H15F3N2O5S/c1-29(24,25)16-5-3-13(10-22-16)26-15-9-17(28-23-15)7-6-11-8-12(2-4-14(11)17)27-18(19,20)21/h2-5,8,10H,6-7,9H2,1H3/t17-/m1/s1. The number of fused-ring (bicyclic) bond motifs is 2. The number of aromatic nitrogens is 1. The number of oxime groups is 1. The van der Waals surface area contributed by atoms with Gasteiger partial charge in [-0.3, -0.25) is 0 Å². The topological polar surface area (TPSA) is 87.1 Å². The van der Waals surface area contributed by atoms with Crippen LogP contribution in [-0.4, -0.2) is 31.9 Å². The monoisotopic (exact) mass is 428 g/mol. The van der Waals surface area contributed by atoms with E-state index < -0.39 is 21.8 Å². The molecule has 7 nitrogen and oxygen atoms in total. The van der Waals surface area contributed by atoms with E-state index in [1.807, 2.05) is 0 Å². The Morgan fingerprint density at radius 2 is 1.93 bits per heavy atom. The van der Waals surface area contributed by atoms with Crippen LogP contribution in [-0.2, 0) is 26.7 Å². The summed E-state index contributed by atoms with van der Waals surface area (Å²) < 4.78 is 69.8. The van der Waals surface area contributed by atoms with Crippen molar-refractivity contribution in [3.05, 3.63) is 47.7 Å². The number of alkyl halides is 3. The van der Waals surface area contributed by atoms with Crippen molar-refractivity contribution in [2.75, 3.05) is 6.26 Å². The normalized spacial score (nSPS) is 20.9. The van der Waals surface area contributed by atoms with Gasteiger partial charge in [0, 0.05) is 11.8 Å². The molecule has 29 heavy (non-hydrogen) atoms. The molecule has 0 radical (unpaired) electrons. The van der Waals surface area contributed by atoms with Crippen LogP contribution in [0.25, 0.3) is 0 Å². The number of ether oxygens (including phenoxy) is 2. The van der Waals surface area contributed by atoms with Crippen LogP contribution in [0.4, 0.5) is 13.2 Å². The van der Waals surface area contributed by atoms with Crippen molar-refractivity contribution in [2.24, 2.45) is 5.16 Å². The van der Waals surface area contributed by atoms with Crippen molar-refractivity contribution in [3.63, 3.8) is 0 Å². The lowest BCUT2D eigenvalue weighted by Crippen LogP contribution is -2.24. The summed E-state index contributed by atoms with van der Waals surface area (Å²) in [6, 6.07) is 6.93. The highest BCUT2D eigenvalue weighted by Crippen LogP contribution is 2.47. The van der Waals surface area contributed by atoms with Gasteiger partial charge in [-0.05, 0) is 42.7 Å². The zero-order valence-electron chi connectivity index (χ0n) is 15.1. The molecule has 0 fully saturated rings. The number of benzene rings is 1. The van der Waals surface area contributed by atoms with Crippen LogP contribution < -0.4 is 9.47 Å². The smallest absolute Gasteiger partial charge is 0.438 e. The first-order chi connectivity index (χ1) is 13.5. The van der Waals surface area contributed by atoms with Gasteiger partial charge in [0.25, 0.3) is 0 Å². The summed E-state index contributed by atoms with van der Waals surface area (Å²) in [7, 11) is -3.42. The largest absolute Gasteiger partial charge is 0.573 e. The maximum Gasteiger partial charge on any atom is 0.573 e. The van der Waals surface area contributed by atoms with Crippen LogP contribution in [0, 0.1) is 0 Å². The number of pyridine rings is 1. The molecule has 0 amide bonds. The second kappa shape index (κ2) is 6.61. The van der Waals surface area contributed by atoms with Gasteiger partial charge in [-0.2, -0.15) is 0 Å². The van der Waals surface area contributed by atoms with Crippen molar-refractivity contribution < 1.29 is 35.9 Å². The fourth-order valence-electron chi connectivity index (χ4n) is 3.45. The summed E-state index contributed by atoms with van der Waals surface area (Å²) in [6.07, 6.45) is -1.10. The van der Waals surface area contributed by atoms with Crippen molar-refractivity contribution in [3.8, 4) is 11.5 Å². The SMILES string of the molecule is CS(=O)(=O)c1ccc(OC2=NO[C@]3(CCc4cc(OC(F)(F)F)ccc43)C2)cn1. The molecule has 0 bridgehead atoms. The zero-order chi connectivity index (χ0) is 20.9. The highest BCUT2D eigenvalue weighted by molar-refractivity contribution is 7.90. The average molecular weight is 428 g/mol. The van der Waals surface area contributed by atoms with Gasteiger partial charge in [0.1, 0.15) is 11.5 Å². The maximum atomic E-state index is 12.4. The molecule has 0 saturated heterocycles. The van der Waals surface area contributed by atoms with Crippen LogP contribution in [0.15, 0.2) is 46.7 Å². The minimum Gasteiger partial charge on any atom is -0.438 e. The lowest BCUT2D eigenvalue weighted by Gasteiger charge is -2.21. The third kappa shape index (κ3) is 4.00. The van der Waals surface area contributed by atoms with E-state index in [1.54, 1.807) is 6.07 Å². The molecule has 2 heterocycles. The van der Waals surface area contributed by atoms with Crippen LogP contribution in [0.3, 0.4) is 0 Å². The van der Waals surface area contributed by atoms with Gasteiger partial charge in [-0.15, -0.1) is 13.2 Å². The van der Waals surface area contributed by atoms with E-state index in [0.29, 0.717) is 24.2 Å². The minimum atomic E-state index is -4.75. The maximum absolute atomic E-state index is 12.4. The second-order valence-electron chi connectivity index (χ2n) is 6.82. The van der Waals surface area contributed by atoms with Gasteiger partial charge in [0.2, 0.25) is 5.90 Å². The molecule has 0 unspecified atom stereocenters. The van der Waals surface area contributed by atoms with Crippen LogP contribution in [0.1, 0.15) is 24.0 Å². The predicted octanol–water partition coefficient (Wildman–Crippen LogP) is 3.34. The van der Waals surface area contributed by atoms with Gasteiger partial charge in [0.15, 0.2) is 20.5 Å². The van der Waals surface area contributed by atoms with E-state index in [9.17, 15) is 21.6 Å². The molecule has 1 aliphatic carbocycles. The van der Waals surface area contributed by atoms with E-state index >= 15 is 0 Å². The molecule has 1 spiro atoms. The Labute approximate surface area is 164 Å². The first-order valence-electron chi connectivity index (χ1n) is 8.52. The quantitative estimate of drug-likeness (QED) is 0.745. The molecule has 1 aromatic heterocycles. The lowest BCUT2D eigenvalue weighted by molar-refractivity contribution is -0.274. The van der Waals surface area contributed by atoms with Gasteiger partial charge in [-0.25, -0.2) is 13.4 Å². The Balaban J connectivity index is 1.47. The molecule has 1 aromatic carbocycles. The Morgan fingerprint density at radius 1 is 1.17 bits per heavy atom. The van der Waals surface area contributed by atoms with E-state index in [-0.39, 0.29) is 23.1 Å². The average Bonchev–Trinajstić information content (AvgIpc) is 3.18. The molecule has 1 atom stereocenters. The molecular weight excluding hydrogens is 413 g/mol. The van der Waals surface area contributed by atoms with Crippen LogP contribution in [0.2, 0.25) is 0 Å². The predicted molar refractivity (Wildman–Crippen MR) is 94.2 cm³/mol. The molecule has 2 aromatic rings. The van der Waals surface area contributed by atoms with Crippen molar-refractivity contribution in [1.82, 2.24) is 4.98 Å². The second-order valence-corrected chi connectivity index (χ2v) is 8.78. The summed E-state index contributed by atoms with van der Waals surface area (Å²) in [5, 5.41) is 3.88. The van der Waals surface area contributed by atoms with E-state index in [1.165, 1.54) is 30.5 Å². The van der Waals surface area contributed by atoms with E-state index in [4.69, 9.17) is 9.57 Å². The number of rotatable bonds is 3. The number of hydrogen-bond acceptors (Lipinski definition) is 7. The molecule has 154 valence electrons. The van der Waals surface area contributed by atoms with Gasteiger partial charge in [0.05, 0.1) is 12.6 Å². The fourth-order valence-corrected chi connectivity index (χ4v) is 4.01. The lowest BCUT2D eigenvalue weighted by atomic mass is 9.92. The van der Waals surface area contributed by atoms with Crippen molar-refractivity contribution in [2.45, 2.75) is 36.3 Å². The summed E-state index contributed by atoms with van der Waals surface area (Å²) >= 11 is 0. The Kier molecular flexibility index (Phi) is 4.45. The molecule has 2 aliphatic rings. The first-order valence-corrected chi connectivity index (χ1v) is 10.4. The summed E-state index contributed by atoms with van der Waals surface area (Å²) in [5.41, 5.74) is 0.629. The highest BCUT2D eigenvalue weighted by Gasteiger charge is 2.47. The molecule has 0 saturated carbocycles. The van der Waals surface area contributed by atoms with E-state index in [0.717, 1.165) is 11.8 Å². The Morgan fingerprint density at radius 3 is 2.59 bits per heavy atom. The van der Waals surface area contributed by atoms with Crippen molar-refractivity contribution in [1.29, 1.82) is 0 Å². The van der Waals surface area contributed by atoms with Crippen LogP contribution in [0.5, 0.6) is 11.5 Å². The number of halogens is 3. The summed E-state index contributed by atoms with van der Waals surface area (Å²) in [6.45, 7) is 0. The number of aryl methyl sites for hydroxylation is 1.